The number of aliphatic hydroxyl groups is 5. The van der Waals surface area contributed by atoms with Crippen molar-refractivity contribution >= 4 is 0 Å². The average Bonchev–Trinajstić information content (AvgIpc) is 3.05. The zero-order chi connectivity index (χ0) is 18.5. The molecule has 2 unspecified atom stereocenters. The van der Waals surface area contributed by atoms with Gasteiger partial charge in [-0.3, -0.25) is 0 Å². The summed E-state index contributed by atoms with van der Waals surface area (Å²) in [5, 5.41) is 54.7. The van der Waals surface area contributed by atoms with Gasteiger partial charge in [0.25, 0.3) is 0 Å². The van der Waals surface area contributed by atoms with Gasteiger partial charge in [0.1, 0.15) is 17.8 Å². The molecule has 0 aliphatic heterocycles. The van der Waals surface area contributed by atoms with Crippen LogP contribution in [0.2, 0.25) is 0 Å². The highest BCUT2D eigenvalue weighted by Crippen LogP contribution is 2.72. The molecule has 5 nitrogen and oxygen atoms in total. The van der Waals surface area contributed by atoms with Crippen molar-refractivity contribution in [1.82, 2.24) is 0 Å². The van der Waals surface area contributed by atoms with E-state index in [1.165, 1.54) is 0 Å². The standard InChI is InChI=1S/C20H30O5/c1-9-7-19-10(2)5-13-14(18(13,3)4)12(17(19)24)6-11(8-21)16(23)20(19,25)15(9)22/h6-7,10,12-17,21-25H,5,8H2,1-4H3/t10-,12+,13-,14+,15+,16?,17?,19+,20-/m1/s1. The third-order valence-corrected chi connectivity index (χ3v) is 8.20. The molecule has 140 valence electrons. The Hall–Kier alpha value is -0.720. The van der Waals surface area contributed by atoms with Gasteiger partial charge in [-0.15, -0.1) is 0 Å². The Morgan fingerprint density at radius 1 is 1.16 bits per heavy atom. The largest absolute Gasteiger partial charge is 0.392 e. The van der Waals surface area contributed by atoms with Gasteiger partial charge in [-0.25, -0.2) is 0 Å². The zero-order valence-electron chi connectivity index (χ0n) is 15.3. The molecule has 0 aromatic rings. The van der Waals surface area contributed by atoms with Gasteiger partial charge < -0.3 is 25.5 Å². The first-order valence-corrected chi connectivity index (χ1v) is 9.32. The summed E-state index contributed by atoms with van der Waals surface area (Å²) in [6.45, 7) is 7.72. The monoisotopic (exact) mass is 350 g/mol. The van der Waals surface area contributed by atoms with Crippen LogP contribution in [0.4, 0.5) is 0 Å². The fourth-order valence-corrected chi connectivity index (χ4v) is 6.74. The highest BCUT2D eigenvalue weighted by molar-refractivity contribution is 5.42. The van der Waals surface area contributed by atoms with E-state index in [1.807, 2.05) is 6.92 Å². The van der Waals surface area contributed by atoms with E-state index in [2.05, 4.69) is 13.8 Å². The molecular weight excluding hydrogens is 320 g/mol. The van der Waals surface area contributed by atoms with Gasteiger partial charge in [-0.05, 0) is 47.7 Å². The van der Waals surface area contributed by atoms with Gasteiger partial charge in [-0.2, -0.15) is 0 Å². The van der Waals surface area contributed by atoms with Crippen molar-refractivity contribution in [2.75, 3.05) is 6.61 Å². The van der Waals surface area contributed by atoms with Crippen LogP contribution in [0.3, 0.4) is 0 Å². The molecule has 2 bridgehead atoms. The van der Waals surface area contributed by atoms with E-state index in [0.717, 1.165) is 6.42 Å². The van der Waals surface area contributed by atoms with E-state index in [1.54, 1.807) is 19.1 Å². The second-order valence-electron chi connectivity index (χ2n) is 9.46. The van der Waals surface area contributed by atoms with Crippen LogP contribution in [-0.2, 0) is 0 Å². The molecule has 5 N–H and O–H groups in total. The van der Waals surface area contributed by atoms with Crippen molar-refractivity contribution in [3.63, 3.8) is 0 Å². The van der Waals surface area contributed by atoms with E-state index >= 15 is 0 Å². The fraction of sp³-hybridized carbons (Fsp3) is 0.800. The number of aliphatic hydroxyl groups excluding tert-OH is 4. The summed E-state index contributed by atoms with van der Waals surface area (Å²) in [7, 11) is 0. The summed E-state index contributed by atoms with van der Waals surface area (Å²) >= 11 is 0. The first-order valence-electron chi connectivity index (χ1n) is 9.32. The first-order chi connectivity index (χ1) is 11.5. The maximum absolute atomic E-state index is 11.6. The summed E-state index contributed by atoms with van der Waals surface area (Å²) in [6.07, 6.45) is 0.801. The van der Waals surface area contributed by atoms with Crippen LogP contribution in [0.5, 0.6) is 0 Å². The van der Waals surface area contributed by atoms with E-state index < -0.39 is 35.9 Å². The number of hydrogen-bond donors (Lipinski definition) is 5. The van der Waals surface area contributed by atoms with Crippen LogP contribution < -0.4 is 0 Å². The Balaban J connectivity index is 1.98. The van der Waals surface area contributed by atoms with Crippen molar-refractivity contribution in [3.05, 3.63) is 23.3 Å². The predicted octanol–water partition coefficient (Wildman–Crippen LogP) is 0.607. The maximum Gasteiger partial charge on any atom is 0.136 e. The molecule has 2 fully saturated rings. The molecule has 0 radical (unpaired) electrons. The van der Waals surface area contributed by atoms with Gasteiger partial charge in [0.2, 0.25) is 0 Å². The predicted molar refractivity (Wildman–Crippen MR) is 92.4 cm³/mol. The highest BCUT2D eigenvalue weighted by Gasteiger charge is 2.75. The zero-order valence-corrected chi connectivity index (χ0v) is 15.3. The molecule has 0 heterocycles. The van der Waals surface area contributed by atoms with Crippen molar-refractivity contribution < 1.29 is 25.5 Å². The normalized spacial score (nSPS) is 56.1. The SMILES string of the molecule is CC1=C[C@]23C(O)[C@@H](C=C(CO)C(O)[C@]2(O)[C@H]1O)[C@H]1[C@@H](C[C@H]3C)C1(C)C. The lowest BCUT2D eigenvalue weighted by molar-refractivity contribution is -0.215. The lowest BCUT2D eigenvalue weighted by Crippen LogP contribution is -2.66. The molecule has 9 atom stereocenters. The molecule has 1 spiro atoms. The summed E-state index contributed by atoms with van der Waals surface area (Å²) in [5.74, 6) is 0.292. The molecule has 0 aromatic carbocycles. The highest BCUT2D eigenvalue weighted by atomic mass is 16.4. The van der Waals surface area contributed by atoms with E-state index in [-0.39, 0.29) is 23.2 Å². The third kappa shape index (κ3) is 1.77. The molecule has 0 aromatic heterocycles. The molecule has 4 aliphatic rings. The average molecular weight is 350 g/mol. The Bertz CT molecular complexity index is 667. The number of rotatable bonds is 1. The van der Waals surface area contributed by atoms with Crippen LogP contribution in [0.25, 0.3) is 0 Å². The number of fused-ring (bicyclic) bond motifs is 3. The van der Waals surface area contributed by atoms with Gasteiger partial charge in [0.15, 0.2) is 0 Å². The quantitative estimate of drug-likeness (QED) is 0.446. The van der Waals surface area contributed by atoms with Crippen molar-refractivity contribution in [2.45, 2.75) is 58.0 Å². The first kappa shape index (κ1) is 17.7. The van der Waals surface area contributed by atoms with Gasteiger partial charge >= 0.3 is 0 Å². The van der Waals surface area contributed by atoms with Crippen LogP contribution in [-0.4, -0.2) is 56.1 Å². The van der Waals surface area contributed by atoms with Crippen molar-refractivity contribution in [1.29, 1.82) is 0 Å². The summed E-state index contributed by atoms with van der Waals surface area (Å²) in [6, 6.07) is 0. The van der Waals surface area contributed by atoms with Gasteiger partial charge in [0.05, 0.1) is 18.1 Å². The second kappa shape index (κ2) is 4.96. The van der Waals surface area contributed by atoms with Crippen LogP contribution in [0, 0.1) is 34.5 Å². The number of hydrogen-bond acceptors (Lipinski definition) is 5. The molecule has 2 saturated carbocycles. The topological polar surface area (TPSA) is 101 Å². The Kier molecular flexibility index (Phi) is 3.51. The summed E-state index contributed by atoms with van der Waals surface area (Å²) < 4.78 is 0. The lowest BCUT2D eigenvalue weighted by Gasteiger charge is -2.51. The molecule has 25 heavy (non-hydrogen) atoms. The van der Waals surface area contributed by atoms with E-state index in [4.69, 9.17) is 0 Å². The van der Waals surface area contributed by atoms with Gasteiger partial charge in [0, 0.05) is 5.92 Å². The Morgan fingerprint density at radius 2 is 1.80 bits per heavy atom. The Labute approximate surface area is 148 Å². The molecule has 0 amide bonds. The van der Waals surface area contributed by atoms with Gasteiger partial charge in [-0.1, -0.05) is 32.9 Å². The smallest absolute Gasteiger partial charge is 0.136 e. The molecule has 0 saturated heterocycles. The summed E-state index contributed by atoms with van der Waals surface area (Å²) in [4.78, 5) is 0. The maximum atomic E-state index is 11.6. The third-order valence-electron chi connectivity index (χ3n) is 8.20. The lowest BCUT2D eigenvalue weighted by atomic mass is 9.58. The molecule has 4 rings (SSSR count). The van der Waals surface area contributed by atoms with Crippen molar-refractivity contribution in [2.24, 2.45) is 34.5 Å². The minimum absolute atomic E-state index is 0.0853. The molecule has 5 heteroatoms. The van der Waals surface area contributed by atoms with Crippen LogP contribution in [0.15, 0.2) is 23.3 Å². The summed E-state index contributed by atoms with van der Waals surface area (Å²) in [5.41, 5.74) is -2.11. The van der Waals surface area contributed by atoms with Crippen molar-refractivity contribution in [3.8, 4) is 0 Å². The Morgan fingerprint density at radius 3 is 2.40 bits per heavy atom. The van der Waals surface area contributed by atoms with E-state index in [9.17, 15) is 25.5 Å². The van der Waals surface area contributed by atoms with Crippen LogP contribution >= 0.6 is 0 Å². The molecular formula is C20H30O5. The fourth-order valence-electron chi connectivity index (χ4n) is 6.74. The minimum Gasteiger partial charge on any atom is -0.392 e. The van der Waals surface area contributed by atoms with Crippen LogP contribution in [0.1, 0.15) is 34.1 Å². The minimum atomic E-state index is -1.93. The molecule has 4 aliphatic carbocycles. The van der Waals surface area contributed by atoms with E-state index in [0.29, 0.717) is 17.1 Å². The second-order valence-corrected chi connectivity index (χ2v) is 9.46.